The maximum absolute atomic E-state index is 12.2. The number of hydrogen-bond donors (Lipinski definition) is 1. The minimum absolute atomic E-state index is 0.137. The van der Waals surface area contributed by atoms with Crippen molar-refractivity contribution >= 4 is 23.8 Å². The second kappa shape index (κ2) is 10.4. The van der Waals surface area contributed by atoms with Crippen LogP contribution in [0.15, 0.2) is 0 Å². The average molecular weight is 401 g/mol. The molecule has 1 rings (SSSR count). The number of esters is 3. The van der Waals surface area contributed by atoms with Crippen molar-refractivity contribution in [2.75, 3.05) is 6.61 Å². The van der Waals surface area contributed by atoms with Crippen LogP contribution in [0.1, 0.15) is 48.5 Å². The van der Waals surface area contributed by atoms with Crippen molar-refractivity contribution in [3.8, 4) is 0 Å². The Labute approximate surface area is 165 Å². The Morgan fingerprint density at radius 2 is 1.21 bits per heavy atom. The molecule has 1 N–H and O–H groups in total. The zero-order valence-corrected chi connectivity index (χ0v) is 17.5. The van der Waals surface area contributed by atoms with Crippen molar-refractivity contribution in [1.82, 2.24) is 0 Å². The maximum atomic E-state index is 12.2. The fourth-order valence-corrected chi connectivity index (χ4v) is 2.21. The van der Waals surface area contributed by atoms with Crippen LogP contribution in [0.4, 0.5) is 0 Å². The third-order valence-corrected chi connectivity index (χ3v) is 3.86. The van der Waals surface area contributed by atoms with E-state index in [0.717, 1.165) is 0 Å². The van der Waals surface area contributed by atoms with Gasteiger partial charge in [-0.2, -0.15) is 0 Å². The molecule has 0 aromatic rings. The number of hydrogen-bond acceptors (Lipinski definition) is 9. The van der Waals surface area contributed by atoms with Gasteiger partial charge < -0.3 is 23.7 Å². The molecule has 1 heterocycles. The van der Waals surface area contributed by atoms with E-state index in [0.29, 0.717) is 0 Å². The molecule has 0 aromatic heterocycles. The summed E-state index contributed by atoms with van der Waals surface area (Å²) < 4.78 is 27.3. The number of carbonyl (C=O) groups is 3. The van der Waals surface area contributed by atoms with Gasteiger partial charge >= 0.3 is 17.9 Å². The van der Waals surface area contributed by atoms with Crippen LogP contribution in [0.3, 0.4) is 0 Å². The Hall–Kier alpha value is -2.16. The molecule has 28 heavy (non-hydrogen) atoms. The van der Waals surface area contributed by atoms with Crippen molar-refractivity contribution in [2.24, 2.45) is 17.8 Å². The Kier molecular flexibility index (Phi) is 8.87. The van der Waals surface area contributed by atoms with Crippen LogP contribution in [0.5, 0.6) is 0 Å². The molecule has 1 fully saturated rings. The van der Waals surface area contributed by atoms with E-state index in [1.807, 2.05) is 0 Å². The molecular formula is C19H31NO8. The van der Waals surface area contributed by atoms with E-state index in [2.05, 4.69) is 0 Å². The largest absolute Gasteiger partial charge is 0.456 e. The van der Waals surface area contributed by atoms with Crippen molar-refractivity contribution < 1.29 is 38.1 Å². The zero-order chi connectivity index (χ0) is 21.6. The summed E-state index contributed by atoms with van der Waals surface area (Å²) in [6.07, 6.45) is -4.47. The lowest BCUT2D eigenvalue weighted by Gasteiger charge is -2.40. The van der Waals surface area contributed by atoms with Crippen molar-refractivity contribution in [1.29, 1.82) is 5.41 Å². The first-order valence-corrected chi connectivity index (χ1v) is 9.38. The van der Waals surface area contributed by atoms with Crippen molar-refractivity contribution in [2.45, 2.75) is 73.1 Å². The summed E-state index contributed by atoms with van der Waals surface area (Å²) >= 11 is 0. The third kappa shape index (κ3) is 6.78. The van der Waals surface area contributed by atoms with E-state index in [4.69, 9.17) is 29.1 Å². The predicted octanol–water partition coefficient (Wildman–Crippen LogP) is 2.06. The van der Waals surface area contributed by atoms with Gasteiger partial charge in [0, 0.05) is 6.92 Å². The van der Waals surface area contributed by atoms with Crippen LogP contribution in [0, 0.1) is 23.2 Å². The Morgan fingerprint density at radius 3 is 1.64 bits per heavy atom. The minimum Gasteiger partial charge on any atom is -0.456 e. The highest BCUT2D eigenvalue weighted by atomic mass is 16.7. The molecule has 1 saturated heterocycles. The van der Waals surface area contributed by atoms with Crippen LogP contribution < -0.4 is 0 Å². The quantitative estimate of drug-likeness (QED) is 0.298. The fraction of sp³-hybridized carbons (Fsp3) is 0.789. The van der Waals surface area contributed by atoms with Gasteiger partial charge in [-0.1, -0.05) is 41.5 Å². The molecule has 0 spiro atoms. The molecule has 1 aliphatic rings. The van der Waals surface area contributed by atoms with Gasteiger partial charge in [-0.05, 0) is 0 Å². The molecule has 0 saturated carbocycles. The molecule has 0 radical (unpaired) electrons. The summed E-state index contributed by atoms with van der Waals surface area (Å²) in [6.45, 7) is 11.2. The Bertz CT molecular complexity index is 586. The van der Waals surface area contributed by atoms with E-state index in [1.54, 1.807) is 41.5 Å². The van der Waals surface area contributed by atoms with Crippen LogP contribution >= 0.6 is 0 Å². The summed E-state index contributed by atoms with van der Waals surface area (Å²) in [4.78, 5) is 36.5. The first-order chi connectivity index (χ1) is 12.9. The monoisotopic (exact) mass is 401 g/mol. The summed E-state index contributed by atoms with van der Waals surface area (Å²) in [7, 11) is 0. The number of nitrogens with one attached hydrogen (secondary N) is 1. The van der Waals surface area contributed by atoms with Gasteiger partial charge in [-0.3, -0.25) is 19.8 Å². The molecule has 0 unspecified atom stereocenters. The minimum atomic E-state index is -1.20. The summed E-state index contributed by atoms with van der Waals surface area (Å²) in [5.41, 5.74) is 0. The fourth-order valence-electron chi connectivity index (χ4n) is 2.21. The molecule has 9 nitrogen and oxygen atoms in total. The molecule has 1 aliphatic heterocycles. The highest BCUT2D eigenvalue weighted by Crippen LogP contribution is 2.27. The standard InChI is InChI=1S/C19H31NO8/c1-9(2)16(21)26-13-8-24-19(25-12(7)20)15(28-18(23)11(5)6)14(13)27-17(22)10(3)4/h9-11,13-15,19-20H,8H2,1-7H3/t13-,14-,15+,19+/m0/s1. The predicted molar refractivity (Wildman–Crippen MR) is 98.4 cm³/mol. The molecule has 9 heteroatoms. The van der Waals surface area contributed by atoms with Gasteiger partial charge in [0.15, 0.2) is 18.1 Å². The highest BCUT2D eigenvalue weighted by molar-refractivity contribution is 5.74. The summed E-state index contributed by atoms with van der Waals surface area (Å²) in [5, 5.41) is 7.55. The number of ether oxygens (including phenoxy) is 5. The highest BCUT2D eigenvalue weighted by Gasteiger charge is 2.49. The topological polar surface area (TPSA) is 121 Å². The van der Waals surface area contributed by atoms with Crippen LogP contribution in [-0.2, 0) is 38.1 Å². The summed E-state index contributed by atoms with van der Waals surface area (Å²) in [6, 6.07) is 0. The van der Waals surface area contributed by atoms with E-state index < -0.39 is 60.3 Å². The zero-order valence-electron chi connectivity index (χ0n) is 17.5. The lowest BCUT2D eigenvalue weighted by Crippen LogP contribution is -2.59. The second-order valence-electron chi connectivity index (χ2n) is 7.62. The smallest absolute Gasteiger partial charge is 0.309 e. The van der Waals surface area contributed by atoms with E-state index in [9.17, 15) is 14.4 Å². The van der Waals surface area contributed by atoms with Gasteiger partial charge in [0.05, 0.1) is 24.4 Å². The molecule has 160 valence electrons. The lowest BCUT2D eigenvalue weighted by atomic mass is 10.0. The molecule has 4 atom stereocenters. The van der Waals surface area contributed by atoms with Gasteiger partial charge in [0.25, 0.3) is 0 Å². The lowest BCUT2D eigenvalue weighted by molar-refractivity contribution is -0.266. The third-order valence-electron chi connectivity index (χ3n) is 3.86. The first kappa shape index (κ1) is 23.9. The van der Waals surface area contributed by atoms with Gasteiger partial charge in [0.2, 0.25) is 12.4 Å². The second-order valence-corrected chi connectivity index (χ2v) is 7.62. The van der Waals surface area contributed by atoms with Crippen LogP contribution in [-0.4, -0.2) is 55.0 Å². The number of rotatable bonds is 7. The van der Waals surface area contributed by atoms with E-state index in [-0.39, 0.29) is 12.5 Å². The number of carbonyl (C=O) groups excluding carboxylic acids is 3. The Balaban J connectivity index is 3.21. The summed E-state index contributed by atoms with van der Waals surface area (Å²) in [5.74, 6) is -3.09. The normalized spacial score (nSPS) is 24.8. The molecule has 0 bridgehead atoms. The Morgan fingerprint density at radius 1 is 0.786 bits per heavy atom. The van der Waals surface area contributed by atoms with Crippen LogP contribution in [0.25, 0.3) is 0 Å². The average Bonchev–Trinajstić information content (AvgIpc) is 2.58. The van der Waals surface area contributed by atoms with E-state index in [1.165, 1.54) is 6.92 Å². The maximum Gasteiger partial charge on any atom is 0.309 e. The van der Waals surface area contributed by atoms with Gasteiger partial charge in [-0.25, -0.2) is 0 Å². The van der Waals surface area contributed by atoms with Crippen molar-refractivity contribution in [3.63, 3.8) is 0 Å². The SMILES string of the molecule is CC(=N)O[C@H]1OC[C@H](OC(=O)C(C)C)[C@H](OC(=O)C(C)C)[C@H]1OC(=O)C(C)C. The molecular weight excluding hydrogens is 370 g/mol. The molecule has 0 aliphatic carbocycles. The van der Waals surface area contributed by atoms with Gasteiger partial charge in [-0.15, -0.1) is 0 Å². The van der Waals surface area contributed by atoms with Crippen LogP contribution in [0.2, 0.25) is 0 Å². The van der Waals surface area contributed by atoms with Crippen molar-refractivity contribution in [3.05, 3.63) is 0 Å². The first-order valence-electron chi connectivity index (χ1n) is 9.38. The molecule has 0 aromatic carbocycles. The molecule has 0 amide bonds. The van der Waals surface area contributed by atoms with E-state index >= 15 is 0 Å². The van der Waals surface area contributed by atoms with Gasteiger partial charge in [0.1, 0.15) is 0 Å².